The molecule has 1 aliphatic rings. The summed E-state index contributed by atoms with van der Waals surface area (Å²) in [5, 5.41) is 3.25. The molecule has 1 saturated heterocycles. The topological polar surface area (TPSA) is 47.3 Å². The number of benzene rings is 1. The van der Waals surface area contributed by atoms with Gasteiger partial charge in [-0.2, -0.15) is 0 Å². The number of thiocarbonyl (C=S) groups is 1. The number of hydrogen-bond donors (Lipinski definition) is 2. The van der Waals surface area contributed by atoms with Crippen LogP contribution in [0.15, 0.2) is 18.2 Å². The van der Waals surface area contributed by atoms with Crippen LogP contribution in [-0.4, -0.2) is 24.2 Å². The van der Waals surface area contributed by atoms with E-state index in [1.54, 1.807) is 12.1 Å². The monoisotopic (exact) mass is 282 g/mol. The van der Waals surface area contributed by atoms with Gasteiger partial charge in [0.05, 0.1) is 11.7 Å². The number of hydrogen-bond acceptors (Lipinski definition) is 3. The van der Waals surface area contributed by atoms with E-state index in [-0.39, 0.29) is 16.9 Å². The molecule has 1 aromatic rings. The predicted molar refractivity (Wildman–Crippen MR) is 78.9 cm³/mol. The standard InChI is InChI=1S/C14H19FN2OS/c1-2-12-9(6-7-18-12)8-17-11-5-3-4-10(15)13(11)14(16)19/h3-5,9,12,17H,2,6-8H2,1H3,(H2,16,19). The highest BCUT2D eigenvalue weighted by Gasteiger charge is 2.26. The summed E-state index contributed by atoms with van der Waals surface area (Å²) in [4.78, 5) is 0.0790. The molecule has 3 nitrogen and oxygen atoms in total. The van der Waals surface area contributed by atoms with Crippen molar-refractivity contribution >= 4 is 22.9 Å². The quantitative estimate of drug-likeness (QED) is 0.815. The van der Waals surface area contributed by atoms with Crippen LogP contribution < -0.4 is 11.1 Å². The van der Waals surface area contributed by atoms with Gasteiger partial charge < -0.3 is 15.8 Å². The van der Waals surface area contributed by atoms with Crippen LogP contribution in [0.3, 0.4) is 0 Å². The van der Waals surface area contributed by atoms with Crippen LogP contribution in [0.5, 0.6) is 0 Å². The van der Waals surface area contributed by atoms with E-state index in [4.69, 9.17) is 22.7 Å². The number of nitrogens with one attached hydrogen (secondary N) is 1. The third-order valence-electron chi connectivity index (χ3n) is 3.56. The Morgan fingerprint density at radius 1 is 1.58 bits per heavy atom. The van der Waals surface area contributed by atoms with Crippen molar-refractivity contribution in [1.82, 2.24) is 0 Å². The summed E-state index contributed by atoms with van der Waals surface area (Å²) in [6.07, 6.45) is 2.32. The van der Waals surface area contributed by atoms with Crippen molar-refractivity contribution in [3.8, 4) is 0 Å². The highest BCUT2D eigenvalue weighted by molar-refractivity contribution is 7.80. The second kappa shape index (κ2) is 6.30. The van der Waals surface area contributed by atoms with Crippen LogP contribution in [0.25, 0.3) is 0 Å². The maximum Gasteiger partial charge on any atom is 0.135 e. The molecule has 0 amide bonds. The zero-order chi connectivity index (χ0) is 13.8. The molecule has 104 valence electrons. The lowest BCUT2D eigenvalue weighted by atomic mass is 9.99. The fourth-order valence-electron chi connectivity index (χ4n) is 2.54. The Morgan fingerprint density at radius 3 is 3.05 bits per heavy atom. The van der Waals surface area contributed by atoms with Gasteiger partial charge in [0.15, 0.2) is 0 Å². The van der Waals surface area contributed by atoms with Crippen molar-refractivity contribution in [3.05, 3.63) is 29.6 Å². The lowest BCUT2D eigenvalue weighted by Gasteiger charge is -2.19. The summed E-state index contributed by atoms with van der Waals surface area (Å²) in [5.74, 6) is 0.0691. The summed E-state index contributed by atoms with van der Waals surface area (Å²) in [6.45, 7) is 3.67. The third-order valence-corrected chi connectivity index (χ3v) is 3.77. The molecular weight excluding hydrogens is 263 g/mol. The fourth-order valence-corrected chi connectivity index (χ4v) is 2.75. The van der Waals surface area contributed by atoms with E-state index in [0.29, 0.717) is 17.2 Å². The van der Waals surface area contributed by atoms with Crippen molar-refractivity contribution in [1.29, 1.82) is 0 Å². The van der Waals surface area contributed by atoms with Gasteiger partial charge in [-0.05, 0) is 25.0 Å². The molecule has 0 radical (unpaired) electrons. The van der Waals surface area contributed by atoms with Gasteiger partial charge in [-0.3, -0.25) is 0 Å². The molecule has 1 aliphatic heterocycles. The van der Waals surface area contributed by atoms with E-state index in [0.717, 1.165) is 26.0 Å². The smallest absolute Gasteiger partial charge is 0.135 e. The molecular formula is C14H19FN2OS. The SMILES string of the molecule is CCC1OCCC1CNc1cccc(F)c1C(N)=S. The minimum Gasteiger partial charge on any atom is -0.389 e. The molecule has 2 atom stereocenters. The highest BCUT2D eigenvalue weighted by Crippen LogP contribution is 2.25. The second-order valence-electron chi connectivity index (χ2n) is 4.77. The van der Waals surface area contributed by atoms with Gasteiger partial charge in [-0.25, -0.2) is 4.39 Å². The van der Waals surface area contributed by atoms with Crippen LogP contribution in [0.2, 0.25) is 0 Å². The number of ether oxygens (including phenoxy) is 1. The Morgan fingerprint density at radius 2 is 2.37 bits per heavy atom. The Hall–Kier alpha value is -1.20. The predicted octanol–water partition coefficient (Wildman–Crippen LogP) is 2.69. The van der Waals surface area contributed by atoms with Crippen molar-refractivity contribution in [3.63, 3.8) is 0 Å². The summed E-state index contributed by atoms with van der Waals surface area (Å²) < 4.78 is 19.4. The van der Waals surface area contributed by atoms with Crippen LogP contribution in [0.4, 0.5) is 10.1 Å². The molecule has 1 fully saturated rings. The zero-order valence-electron chi connectivity index (χ0n) is 11.0. The van der Waals surface area contributed by atoms with E-state index in [1.807, 2.05) is 0 Å². The highest BCUT2D eigenvalue weighted by atomic mass is 32.1. The molecule has 2 unspecified atom stereocenters. The minimum atomic E-state index is -0.382. The first-order valence-corrected chi connectivity index (χ1v) is 6.98. The lowest BCUT2D eigenvalue weighted by molar-refractivity contribution is 0.0900. The first-order valence-electron chi connectivity index (χ1n) is 6.57. The summed E-state index contributed by atoms with van der Waals surface area (Å²) in [6, 6.07) is 4.82. The van der Waals surface area contributed by atoms with Crippen LogP contribution >= 0.6 is 12.2 Å². The minimum absolute atomic E-state index is 0.0790. The first kappa shape index (κ1) is 14.2. The van der Waals surface area contributed by atoms with Gasteiger partial charge in [0.1, 0.15) is 10.8 Å². The van der Waals surface area contributed by atoms with Gasteiger partial charge in [0.25, 0.3) is 0 Å². The molecule has 0 spiro atoms. The van der Waals surface area contributed by atoms with E-state index < -0.39 is 0 Å². The number of nitrogens with two attached hydrogens (primary N) is 1. The maximum atomic E-state index is 13.7. The van der Waals surface area contributed by atoms with E-state index in [9.17, 15) is 4.39 Å². The fraction of sp³-hybridized carbons (Fsp3) is 0.500. The van der Waals surface area contributed by atoms with Gasteiger partial charge in [0, 0.05) is 24.8 Å². The summed E-state index contributed by atoms with van der Waals surface area (Å²) in [7, 11) is 0. The van der Waals surface area contributed by atoms with Crippen molar-refractivity contribution in [2.45, 2.75) is 25.9 Å². The molecule has 0 saturated carbocycles. The number of anilines is 1. The lowest BCUT2D eigenvalue weighted by Crippen LogP contribution is -2.24. The first-order chi connectivity index (χ1) is 9.13. The Kier molecular flexibility index (Phi) is 4.71. The maximum absolute atomic E-state index is 13.7. The molecule has 0 bridgehead atoms. The van der Waals surface area contributed by atoms with Gasteiger partial charge in [-0.15, -0.1) is 0 Å². The molecule has 19 heavy (non-hydrogen) atoms. The Balaban J connectivity index is 2.07. The average molecular weight is 282 g/mol. The van der Waals surface area contributed by atoms with E-state index >= 15 is 0 Å². The molecule has 1 heterocycles. The molecule has 3 N–H and O–H groups in total. The summed E-state index contributed by atoms with van der Waals surface area (Å²) >= 11 is 4.91. The third kappa shape index (κ3) is 3.22. The van der Waals surface area contributed by atoms with Crippen LogP contribution in [-0.2, 0) is 4.74 Å². The molecule has 0 aliphatic carbocycles. The molecule has 5 heteroatoms. The van der Waals surface area contributed by atoms with Gasteiger partial charge >= 0.3 is 0 Å². The molecule has 1 aromatic carbocycles. The number of rotatable bonds is 5. The van der Waals surface area contributed by atoms with Gasteiger partial charge in [0.2, 0.25) is 0 Å². The Bertz CT molecular complexity index is 467. The van der Waals surface area contributed by atoms with Crippen molar-refractivity contribution < 1.29 is 9.13 Å². The van der Waals surface area contributed by atoms with Gasteiger partial charge in [-0.1, -0.05) is 25.2 Å². The van der Waals surface area contributed by atoms with E-state index in [1.165, 1.54) is 6.07 Å². The van der Waals surface area contributed by atoms with Crippen LogP contribution in [0.1, 0.15) is 25.3 Å². The molecule has 2 rings (SSSR count). The van der Waals surface area contributed by atoms with Crippen LogP contribution in [0, 0.1) is 11.7 Å². The molecule has 0 aromatic heterocycles. The normalized spacial score (nSPS) is 22.4. The number of halogens is 1. The average Bonchev–Trinajstić information content (AvgIpc) is 2.83. The van der Waals surface area contributed by atoms with Crippen molar-refractivity contribution in [2.75, 3.05) is 18.5 Å². The zero-order valence-corrected chi connectivity index (χ0v) is 11.8. The summed E-state index contributed by atoms with van der Waals surface area (Å²) in [5.41, 5.74) is 6.54. The Labute approximate surface area is 118 Å². The largest absolute Gasteiger partial charge is 0.389 e. The van der Waals surface area contributed by atoms with E-state index in [2.05, 4.69) is 12.2 Å². The second-order valence-corrected chi connectivity index (χ2v) is 5.21. The van der Waals surface area contributed by atoms with Crippen molar-refractivity contribution in [2.24, 2.45) is 11.7 Å².